The molecule has 5 nitrogen and oxygen atoms in total. The molecule has 0 fully saturated rings. The van der Waals surface area contributed by atoms with Gasteiger partial charge in [0.2, 0.25) is 0 Å². The molecular weight excluding hydrogens is 382 g/mol. The monoisotopic (exact) mass is 409 g/mol. The lowest BCUT2D eigenvalue weighted by molar-refractivity contribution is 0.0703. The van der Waals surface area contributed by atoms with E-state index in [4.69, 9.17) is 0 Å². The van der Waals surface area contributed by atoms with Gasteiger partial charge in [0, 0.05) is 0 Å². The first kappa shape index (κ1) is 21.4. The number of aryl methyl sites for hydroxylation is 1. The quantitative estimate of drug-likeness (QED) is 0.581. The maximum atomic E-state index is 13.0. The molecule has 2 aromatic rings. The number of aromatic carboxylic acids is 1. The van der Waals surface area contributed by atoms with Crippen LogP contribution in [-0.4, -0.2) is 19.5 Å². The van der Waals surface area contributed by atoms with Gasteiger partial charge in [-0.2, -0.15) is 0 Å². The van der Waals surface area contributed by atoms with E-state index in [0.29, 0.717) is 6.42 Å². The first-order chi connectivity index (χ1) is 12.6. The number of carboxylic acid groups (broad SMARTS) is 1. The van der Waals surface area contributed by atoms with Crippen molar-refractivity contribution in [3.63, 3.8) is 0 Å². The molecule has 2 rings (SSSR count). The van der Waals surface area contributed by atoms with Crippen molar-refractivity contribution in [2.75, 3.05) is 4.72 Å². The smallest absolute Gasteiger partial charge is 0.348 e. The summed E-state index contributed by atoms with van der Waals surface area (Å²) >= 11 is 0.994. The summed E-state index contributed by atoms with van der Waals surface area (Å²) in [4.78, 5) is 11.5. The number of sulfonamides is 1. The highest BCUT2D eigenvalue weighted by atomic mass is 32.2. The van der Waals surface area contributed by atoms with Crippen molar-refractivity contribution < 1.29 is 18.3 Å². The van der Waals surface area contributed by atoms with Gasteiger partial charge >= 0.3 is 5.97 Å². The van der Waals surface area contributed by atoms with E-state index in [1.807, 2.05) is 12.1 Å². The number of hydrogen-bond donors (Lipinski definition) is 2. The minimum atomic E-state index is -3.88. The Morgan fingerprint density at radius 1 is 1.19 bits per heavy atom. The van der Waals surface area contributed by atoms with E-state index in [2.05, 4.69) is 32.4 Å². The van der Waals surface area contributed by atoms with E-state index in [1.165, 1.54) is 6.07 Å². The Hall–Kier alpha value is -1.86. The van der Waals surface area contributed by atoms with Crippen LogP contribution < -0.4 is 4.72 Å². The van der Waals surface area contributed by atoms with Gasteiger partial charge in [0.05, 0.1) is 10.6 Å². The van der Waals surface area contributed by atoms with Crippen LogP contribution in [0.4, 0.5) is 5.69 Å². The van der Waals surface area contributed by atoms with Crippen LogP contribution in [0.1, 0.15) is 67.8 Å². The molecule has 1 aromatic heterocycles. The Labute approximate surface area is 165 Å². The fraction of sp³-hybridized carbons (Fsp3) is 0.450. The van der Waals surface area contributed by atoms with Crippen LogP contribution in [0.25, 0.3) is 0 Å². The normalized spacial score (nSPS) is 12.1. The second kappa shape index (κ2) is 8.44. The van der Waals surface area contributed by atoms with Crippen LogP contribution in [0.5, 0.6) is 0 Å². The van der Waals surface area contributed by atoms with Gasteiger partial charge in [-0.1, -0.05) is 52.7 Å². The summed E-state index contributed by atoms with van der Waals surface area (Å²) in [5.74, 6) is -1.14. The fourth-order valence-electron chi connectivity index (χ4n) is 2.82. The second-order valence-corrected chi connectivity index (χ2v) is 10.2. The molecule has 0 bridgehead atoms. The number of benzene rings is 1. The van der Waals surface area contributed by atoms with Gasteiger partial charge in [0.1, 0.15) is 4.88 Å². The summed E-state index contributed by atoms with van der Waals surface area (Å²) in [5.41, 5.74) is 1.87. The molecule has 2 N–H and O–H groups in total. The van der Waals surface area contributed by atoms with Gasteiger partial charge in [-0.15, -0.1) is 11.3 Å². The SMILES string of the molecule is CCCCCc1cc(C(C)(C)C)ccc1S(=O)(=O)Nc1ccsc1C(=O)O. The third-order valence-corrected chi connectivity index (χ3v) is 6.74. The summed E-state index contributed by atoms with van der Waals surface area (Å²) in [6.07, 6.45) is 3.66. The van der Waals surface area contributed by atoms with Crippen LogP contribution in [-0.2, 0) is 21.9 Å². The Bertz CT molecular complexity index is 908. The summed E-state index contributed by atoms with van der Waals surface area (Å²) in [6.45, 7) is 8.38. The number of carboxylic acids is 1. The molecule has 7 heteroatoms. The van der Waals surface area contributed by atoms with Crippen LogP contribution in [0.3, 0.4) is 0 Å². The average molecular weight is 410 g/mol. The third-order valence-electron chi connectivity index (χ3n) is 4.37. The zero-order valence-electron chi connectivity index (χ0n) is 16.2. The van der Waals surface area contributed by atoms with E-state index in [1.54, 1.807) is 11.4 Å². The molecule has 0 aliphatic carbocycles. The molecule has 1 aromatic carbocycles. The van der Waals surface area contributed by atoms with Crippen molar-refractivity contribution in [2.24, 2.45) is 0 Å². The Morgan fingerprint density at radius 2 is 1.89 bits per heavy atom. The van der Waals surface area contributed by atoms with Crippen LogP contribution >= 0.6 is 11.3 Å². The van der Waals surface area contributed by atoms with Gasteiger partial charge in [0.15, 0.2) is 0 Å². The van der Waals surface area contributed by atoms with Crippen LogP contribution in [0, 0.1) is 0 Å². The molecule has 0 radical (unpaired) electrons. The number of carbonyl (C=O) groups is 1. The standard InChI is InChI=1S/C20H27NO4S2/c1-5-6-7-8-14-13-15(20(2,3)4)9-10-17(14)27(24,25)21-16-11-12-26-18(16)19(22)23/h9-13,21H,5-8H2,1-4H3,(H,22,23). The lowest BCUT2D eigenvalue weighted by atomic mass is 9.85. The molecule has 0 amide bonds. The molecule has 27 heavy (non-hydrogen) atoms. The third kappa shape index (κ3) is 5.32. The Balaban J connectivity index is 2.44. The molecule has 0 unspecified atom stereocenters. The van der Waals surface area contributed by atoms with Crippen molar-refractivity contribution in [2.45, 2.75) is 63.7 Å². The van der Waals surface area contributed by atoms with Gasteiger partial charge in [0.25, 0.3) is 10.0 Å². The predicted molar refractivity (Wildman–Crippen MR) is 110 cm³/mol. The van der Waals surface area contributed by atoms with Crippen LogP contribution in [0.2, 0.25) is 0 Å². The first-order valence-electron chi connectivity index (χ1n) is 9.03. The van der Waals surface area contributed by atoms with E-state index in [-0.39, 0.29) is 20.9 Å². The van der Waals surface area contributed by atoms with Gasteiger partial charge in [-0.3, -0.25) is 4.72 Å². The summed E-state index contributed by atoms with van der Waals surface area (Å²) < 4.78 is 28.4. The van der Waals surface area contributed by atoms with Gasteiger partial charge in [-0.05, 0) is 46.9 Å². The largest absolute Gasteiger partial charge is 0.477 e. The van der Waals surface area contributed by atoms with Gasteiger partial charge in [-0.25, -0.2) is 13.2 Å². The molecular formula is C20H27NO4S2. The lowest BCUT2D eigenvalue weighted by Gasteiger charge is -2.21. The van der Waals surface area contributed by atoms with E-state index in [0.717, 1.165) is 41.7 Å². The highest BCUT2D eigenvalue weighted by molar-refractivity contribution is 7.92. The van der Waals surface area contributed by atoms with Crippen LogP contribution in [0.15, 0.2) is 34.5 Å². The summed E-state index contributed by atoms with van der Waals surface area (Å²) in [6, 6.07) is 6.92. The van der Waals surface area contributed by atoms with Crippen molar-refractivity contribution in [3.05, 3.63) is 45.6 Å². The topological polar surface area (TPSA) is 83.5 Å². The highest BCUT2D eigenvalue weighted by Gasteiger charge is 2.24. The van der Waals surface area contributed by atoms with Crippen molar-refractivity contribution in [3.8, 4) is 0 Å². The molecule has 0 aliphatic rings. The average Bonchev–Trinajstić information content (AvgIpc) is 3.01. The van der Waals surface area contributed by atoms with Crippen molar-refractivity contribution in [1.82, 2.24) is 0 Å². The molecule has 0 saturated carbocycles. The molecule has 0 atom stereocenters. The highest BCUT2D eigenvalue weighted by Crippen LogP contribution is 2.30. The zero-order valence-corrected chi connectivity index (χ0v) is 17.8. The van der Waals surface area contributed by atoms with E-state index in [9.17, 15) is 18.3 Å². The second-order valence-electron chi connectivity index (χ2n) is 7.60. The molecule has 0 aliphatic heterocycles. The fourth-order valence-corrected chi connectivity index (χ4v) is 4.90. The number of unbranched alkanes of at least 4 members (excludes halogenated alkanes) is 2. The first-order valence-corrected chi connectivity index (χ1v) is 11.4. The maximum Gasteiger partial charge on any atom is 0.348 e. The zero-order chi connectivity index (χ0) is 20.2. The van der Waals surface area contributed by atoms with Crippen molar-refractivity contribution in [1.29, 1.82) is 0 Å². The molecule has 0 saturated heterocycles. The molecule has 148 valence electrons. The Morgan fingerprint density at radius 3 is 2.48 bits per heavy atom. The number of rotatable bonds is 8. The minimum Gasteiger partial charge on any atom is -0.477 e. The molecule has 0 spiro atoms. The number of anilines is 1. The van der Waals surface area contributed by atoms with Crippen molar-refractivity contribution >= 4 is 33.0 Å². The minimum absolute atomic E-state index is 0.0163. The summed E-state index contributed by atoms with van der Waals surface area (Å²) in [7, 11) is -3.88. The van der Waals surface area contributed by atoms with E-state index >= 15 is 0 Å². The lowest BCUT2D eigenvalue weighted by Crippen LogP contribution is -2.18. The maximum absolute atomic E-state index is 13.0. The number of nitrogens with one attached hydrogen (secondary N) is 1. The number of thiophene rings is 1. The Kier molecular flexibility index (Phi) is 6.70. The molecule has 1 heterocycles. The number of hydrogen-bond acceptors (Lipinski definition) is 4. The predicted octanol–water partition coefficient (Wildman–Crippen LogP) is 5.28. The van der Waals surface area contributed by atoms with Gasteiger partial charge < -0.3 is 5.11 Å². The van der Waals surface area contributed by atoms with E-state index < -0.39 is 16.0 Å². The summed E-state index contributed by atoms with van der Waals surface area (Å²) in [5, 5.41) is 10.8.